The van der Waals surface area contributed by atoms with Gasteiger partial charge >= 0.3 is 0 Å². The number of para-hydroxylation sites is 1. The molecule has 3 aromatic rings. The number of hydrogen-bond donors (Lipinski definition) is 1. The molecule has 1 unspecified atom stereocenters. The summed E-state index contributed by atoms with van der Waals surface area (Å²) in [5, 5.41) is 10.1. The van der Waals surface area contributed by atoms with Crippen LogP contribution in [0, 0.1) is 0 Å². The zero-order valence-corrected chi connectivity index (χ0v) is 11.7. The summed E-state index contributed by atoms with van der Waals surface area (Å²) in [4.78, 5) is 0. The first-order valence-electron chi connectivity index (χ1n) is 6.51. The molecule has 0 aliphatic heterocycles. The Bertz CT molecular complexity index is 670. The minimum Gasteiger partial charge on any atom is -0.324 e. The molecule has 3 nitrogen and oxygen atoms in total. The van der Waals surface area contributed by atoms with Gasteiger partial charge in [-0.05, 0) is 35.4 Å². The SMILES string of the molecule is CCn1nc(CC(N)c2ccsc2)c2ccccc21. The van der Waals surface area contributed by atoms with E-state index in [9.17, 15) is 0 Å². The number of hydrogen-bond acceptors (Lipinski definition) is 3. The molecule has 1 atom stereocenters. The van der Waals surface area contributed by atoms with Crippen LogP contribution >= 0.6 is 11.3 Å². The third kappa shape index (κ3) is 2.29. The molecular formula is C15H17N3S. The molecule has 0 amide bonds. The van der Waals surface area contributed by atoms with Gasteiger partial charge in [-0.1, -0.05) is 18.2 Å². The number of fused-ring (bicyclic) bond motifs is 1. The van der Waals surface area contributed by atoms with Crippen molar-refractivity contribution in [1.82, 2.24) is 9.78 Å². The van der Waals surface area contributed by atoms with Crippen molar-refractivity contribution in [2.24, 2.45) is 5.73 Å². The van der Waals surface area contributed by atoms with Crippen LogP contribution in [0.5, 0.6) is 0 Å². The summed E-state index contributed by atoms with van der Waals surface area (Å²) in [6.07, 6.45) is 0.782. The van der Waals surface area contributed by atoms with E-state index < -0.39 is 0 Å². The topological polar surface area (TPSA) is 43.8 Å². The zero-order valence-electron chi connectivity index (χ0n) is 10.9. The van der Waals surface area contributed by atoms with Crippen LogP contribution in [0.3, 0.4) is 0 Å². The summed E-state index contributed by atoms with van der Waals surface area (Å²) in [5.41, 5.74) is 9.75. The van der Waals surface area contributed by atoms with E-state index in [4.69, 9.17) is 10.8 Å². The first-order chi connectivity index (χ1) is 9.29. The van der Waals surface area contributed by atoms with E-state index in [-0.39, 0.29) is 6.04 Å². The Balaban J connectivity index is 1.97. The van der Waals surface area contributed by atoms with Crippen LogP contribution in [0.4, 0.5) is 0 Å². The quantitative estimate of drug-likeness (QED) is 0.790. The minimum atomic E-state index is 0.0230. The highest BCUT2D eigenvalue weighted by Gasteiger charge is 2.14. The molecule has 0 bridgehead atoms. The molecule has 2 aromatic heterocycles. The Morgan fingerprint density at radius 1 is 1.32 bits per heavy atom. The smallest absolute Gasteiger partial charge is 0.0722 e. The van der Waals surface area contributed by atoms with Crippen LogP contribution in [-0.4, -0.2) is 9.78 Å². The molecule has 0 fully saturated rings. The number of benzene rings is 1. The lowest BCUT2D eigenvalue weighted by Gasteiger charge is -2.07. The molecule has 0 saturated heterocycles. The summed E-state index contributed by atoms with van der Waals surface area (Å²) in [6, 6.07) is 10.5. The maximum atomic E-state index is 6.27. The van der Waals surface area contributed by atoms with Gasteiger partial charge in [-0.25, -0.2) is 0 Å². The first-order valence-corrected chi connectivity index (χ1v) is 7.46. The number of aryl methyl sites for hydroxylation is 1. The molecule has 0 aliphatic carbocycles. The predicted molar refractivity (Wildman–Crippen MR) is 80.4 cm³/mol. The normalized spacial score (nSPS) is 12.9. The van der Waals surface area contributed by atoms with Crippen molar-refractivity contribution in [2.45, 2.75) is 25.9 Å². The Hall–Kier alpha value is -1.65. The van der Waals surface area contributed by atoms with Crippen molar-refractivity contribution in [3.63, 3.8) is 0 Å². The van der Waals surface area contributed by atoms with E-state index in [1.807, 2.05) is 4.68 Å². The Labute approximate surface area is 116 Å². The number of aromatic nitrogens is 2. The van der Waals surface area contributed by atoms with Crippen LogP contribution in [0.15, 0.2) is 41.1 Å². The van der Waals surface area contributed by atoms with Crippen LogP contribution in [0.2, 0.25) is 0 Å². The molecule has 98 valence electrons. The number of thiophene rings is 1. The molecular weight excluding hydrogens is 254 g/mol. The van der Waals surface area contributed by atoms with Gasteiger partial charge in [0.05, 0.1) is 11.2 Å². The van der Waals surface area contributed by atoms with Gasteiger partial charge in [0.2, 0.25) is 0 Å². The molecule has 0 spiro atoms. The molecule has 0 saturated carbocycles. The first kappa shape index (κ1) is 12.4. The van der Waals surface area contributed by atoms with E-state index in [1.54, 1.807) is 11.3 Å². The van der Waals surface area contributed by atoms with Crippen molar-refractivity contribution in [1.29, 1.82) is 0 Å². The van der Waals surface area contributed by atoms with E-state index in [1.165, 1.54) is 16.5 Å². The van der Waals surface area contributed by atoms with Crippen molar-refractivity contribution < 1.29 is 0 Å². The largest absolute Gasteiger partial charge is 0.324 e. The predicted octanol–water partition coefficient (Wildman–Crippen LogP) is 3.36. The Kier molecular flexibility index (Phi) is 3.36. The van der Waals surface area contributed by atoms with Gasteiger partial charge in [0, 0.05) is 24.4 Å². The van der Waals surface area contributed by atoms with Crippen molar-refractivity contribution >= 4 is 22.2 Å². The third-order valence-electron chi connectivity index (χ3n) is 3.42. The monoisotopic (exact) mass is 271 g/mol. The maximum absolute atomic E-state index is 6.27. The zero-order chi connectivity index (χ0) is 13.2. The fourth-order valence-electron chi connectivity index (χ4n) is 2.40. The molecule has 19 heavy (non-hydrogen) atoms. The second kappa shape index (κ2) is 5.15. The summed E-state index contributed by atoms with van der Waals surface area (Å²) >= 11 is 1.69. The number of nitrogens with two attached hydrogens (primary N) is 1. The van der Waals surface area contributed by atoms with Gasteiger partial charge in [0.1, 0.15) is 0 Å². The molecule has 0 aliphatic rings. The summed E-state index contributed by atoms with van der Waals surface area (Å²) in [7, 11) is 0. The summed E-state index contributed by atoms with van der Waals surface area (Å²) in [6.45, 7) is 3.00. The molecule has 2 heterocycles. The fourth-order valence-corrected chi connectivity index (χ4v) is 3.12. The van der Waals surface area contributed by atoms with Gasteiger partial charge in [-0.3, -0.25) is 4.68 Å². The highest BCUT2D eigenvalue weighted by atomic mass is 32.1. The molecule has 2 N–H and O–H groups in total. The lowest BCUT2D eigenvalue weighted by molar-refractivity contribution is 0.642. The third-order valence-corrected chi connectivity index (χ3v) is 4.12. The maximum Gasteiger partial charge on any atom is 0.0722 e. The van der Waals surface area contributed by atoms with Gasteiger partial charge in [0.15, 0.2) is 0 Å². The minimum absolute atomic E-state index is 0.0230. The highest BCUT2D eigenvalue weighted by molar-refractivity contribution is 7.07. The number of nitrogens with zero attached hydrogens (tertiary/aromatic N) is 2. The molecule has 1 aromatic carbocycles. The van der Waals surface area contributed by atoms with Crippen LogP contribution in [-0.2, 0) is 13.0 Å². The lowest BCUT2D eigenvalue weighted by Crippen LogP contribution is -2.13. The van der Waals surface area contributed by atoms with Crippen molar-refractivity contribution in [3.8, 4) is 0 Å². The van der Waals surface area contributed by atoms with Crippen molar-refractivity contribution in [2.75, 3.05) is 0 Å². The van der Waals surface area contributed by atoms with Gasteiger partial charge in [-0.15, -0.1) is 0 Å². The van der Waals surface area contributed by atoms with E-state index in [0.29, 0.717) is 0 Å². The van der Waals surface area contributed by atoms with Crippen molar-refractivity contribution in [3.05, 3.63) is 52.3 Å². The van der Waals surface area contributed by atoms with E-state index in [2.05, 4.69) is 48.0 Å². The Morgan fingerprint density at radius 3 is 2.89 bits per heavy atom. The van der Waals surface area contributed by atoms with Crippen LogP contribution in [0.1, 0.15) is 24.2 Å². The number of rotatable bonds is 4. The molecule has 4 heteroatoms. The van der Waals surface area contributed by atoms with Gasteiger partial charge < -0.3 is 5.73 Å². The van der Waals surface area contributed by atoms with Gasteiger partial charge in [-0.2, -0.15) is 16.4 Å². The second-order valence-corrected chi connectivity index (χ2v) is 5.43. The summed E-state index contributed by atoms with van der Waals surface area (Å²) < 4.78 is 2.05. The average molecular weight is 271 g/mol. The van der Waals surface area contributed by atoms with E-state index in [0.717, 1.165) is 18.7 Å². The standard InChI is InChI=1S/C15H17N3S/c1-2-18-15-6-4-3-5-12(15)14(17-18)9-13(16)11-7-8-19-10-11/h3-8,10,13H,2,9,16H2,1H3. The van der Waals surface area contributed by atoms with Crippen LogP contribution < -0.4 is 5.73 Å². The lowest BCUT2D eigenvalue weighted by atomic mass is 10.0. The van der Waals surface area contributed by atoms with Crippen LogP contribution in [0.25, 0.3) is 10.9 Å². The molecule has 0 radical (unpaired) electrons. The molecule has 3 rings (SSSR count). The fraction of sp³-hybridized carbons (Fsp3) is 0.267. The van der Waals surface area contributed by atoms with E-state index >= 15 is 0 Å². The summed E-state index contributed by atoms with van der Waals surface area (Å²) in [5.74, 6) is 0. The Morgan fingerprint density at radius 2 is 2.16 bits per heavy atom. The highest BCUT2D eigenvalue weighted by Crippen LogP contribution is 2.24. The van der Waals surface area contributed by atoms with Gasteiger partial charge in [0.25, 0.3) is 0 Å². The second-order valence-electron chi connectivity index (χ2n) is 4.65. The average Bonchev–Trinajstić information content (AvgIpc) is 3.07.